The van der Waals surface area contributed by atoms with E-state index < -0.39 is 0 Å². The van der Waals surface area contributed by atoms with Gasteiger partial charge in [-0.25, -0.2) is 0 Å². The fourth-order valence-corrected chi connectivity index (χ4v) is 4.07. The molecule has 1 aliphatic carbocycles. The number of hydrogen-bond donors (Lipinski definition) is 1. The minimum Gasteiger partial charge on any atom is -0.316 e. The number of aryl methyl sites for hydroxylation is 1. The molecule has 0 amide bonds. The number of nitrogens with zero attached hydrogens (tertiary/aromatic N) is 2. The van der Waals surface area contributed by atoms with Gasteiger partial charge in [-0.15, -0.1) is 12.4 Å². The van der Waals surface area contributed by atoms with Gasteiger partial charge in [0.15, 0.2) is 0 Å². The summed E-state index contributed by atoms with van der Waals surface area (Å²) in [7, 11) is 0. The van der Waals surface area contributed by atoms with Crippen molar-refractivity contribution in [3.8, 4) is 0 Å². The molecule has 0 radical (unpaired) electrons. The summed E-state index contributed by atoms with van der Waals surface area (Å²) in [5.74, 6) is 0. The van der Waals surface area contributed by atoms with Crippen LogP contribution in [0, 0.1) is 5.41 Å². The molecule has 0 spiro atoms. The summed E-state index contributed by atoms with van der Waals surface area (Å²) in [4.78, 5) is 7.46. The molecule has 2 unspecified atom stereocenters. The summed E-state index contributed by atoms with van der Waals surface area (Å²) in [6, 6.07) is 4.90. The maximum Gasteiger partial charge on any atom is 0.0607 e. The van der Waals surface area contributed by atoms with Crippen LogP contribution in [-0.2, 0) is 6.42 Å². The van der Waals surface area contributed by atoms with Crippen LogP contribution < -0.4 is 5.32 Å². The van der Waals surface area contributed by atoms with Gasteiger partial charge in [0.25, 0.3) is 0 Å². The monoisotopic (exact) mass is 323 g/mol. The zero-order valence-corrected chi connectivity index (χ0v) is 14.8. The Morgan fingerprint density at radius 2 is 2.32 bits per heavy atom. The van der Waals surface area contributed by atoms with E-state index in [1.54, 1.807) is 0 Å². The van der Waals surface area contributed by atoms with Gasteiger partial charge in [0, 0.05) is 19.3 Å². The van der Waals surface area contributed by atoms with Gasteiger partial charge in [0.05, 0.1) is 11.7 Å². The average Bonchev–Trinajstić information content (AvgIpc) is 2.93. The van der Waals surface area contributed by atoms with Crippen LogP contribution in [-0.4, -0.2) is 36.1 Å². The third-order valence-corrected chi connectivity index (χ3v) is 5.16. The van der Waals surface area contributed by atoms with E-state index in [9.17, 15) is 0 Å². The summed E-state index contributed by atoms with van der Waals surface area (Å²) < 4.78 is 0. The Labute approximate surface area is 141 Å². The van der Waals surface area contributed by atoms with Crippen LogP contribution in [0.2, 0.25) is 0 Å². The Balaban J connectivity index is 0.00000176. The Morgan fingerprint density at radius 1 is 1.45 bits per heavy atom. The number of hydrogen-bond acceptors (Lipinski definition) is 3. The number of fused-ring (bicyclic) bond motifs is 1. The van der Waals surface area contributed by atoms with E-state index >= 15 is 0 Å². The lowest BCUT2D eigenvalue weighted by molar-refractivity contribution is 0.114. The molecule has 124 valence electrons. The molecule has 0 saturated carbocycles. The highest BCUT2D eigenvalue weighted by Gasteiger charge is 2.34. The summed E-state index contributed by atoms with van der Waals surface area (Å²) in [6.45, 7) is 9.47. The van der Waals surface area contributed by atoms with Gasteiger partial charge < -0.3 is 5.32 Å². The van der Waals surface area contributed by atoms with Gasteiger partial charge >= 0.3 is 0 Å². The first-order chi connectivity index (χ1) is 10.2. The van der Waals surface area contributed by atoms with Crippen LogP contribution in [0.1, 0.15) is 56.8 Å². The molecule has 1 fully saturated rings. The minimum atomic E-state index is 0. The van der Waals surface area contributed by atoms with Gasteiger partial charge in [0.2, 0.25) is 0 Å². The van der Waals surface area contributed by atoms with Gasteiger partial charge in [0.1, 0.15) is 0 Å². The number of nitrogens with one attached hydrogen (secondary N) is 1. The SMILES string of the molecule is CCCN(CC1(C)CCNC1)C1CCCc2cccnc21.Cl. The quantitative estimate of drug-likeness (QED) is 0.897. The van der Waals surface area contributed by atoms with Crippen LogP contribution in [0.15, 0.2) is 18.3 Å². The molecule has 2 heterocycles. The number of pyridine rings is 1. The average molecular weight is 324 g/mol. The van der Waals surface area contributed by atoms with Gasteiger partial charge in [-0.05, 0) is 62.2 Å². The number of rotatable bonds is 5. The van der Waals surface area contributed by atoms with Crippen molar-refractivity contribution in [3.63, 3.8) is 0 Å². The predicted molar refractivity (Wildman–Crippen MR) is 94.6 cm³/mol. The van der Waals surface area contributed by atoms with E-state index in [4.69, 9.17) is 4.98 Å². The number of halogens is 1. The molecule has 3 nitrogen and oxygen atoms in total. The molecule has 1 saturated heterocycles. The lowest BCUT2D eigenvalue weighted by atomic mass is 9.86. The van der Waals surface area contributed by atoms with Crippen molar-refractivity contribution >= 4 is 12.4 Å². The highest BCUT2D eigenvalue weighted by atomic mass is 35.5. The Morgan fingerprint density at radius 3 is 3.05 bits per heavy atom. The smallest absolute Gasteiger partial charge is 0.0607 e. The first-order valence-electron chi connectivity index (χ1n) is 8.60. The molecule has 1 aromatic rings. The van der Waals surface area contributed by atoms with E-state index in [0.29, 0.717) is 11.5 Å². The molecule has 1 aliphatic heterocycles. The Kier molecular flexibility index (Phi) is 6.25. The van der Waals surface area contributed by atoms with Crippen molar-refractivity contribution in [3.05, 3.63) is 29.6 Å². The van der Waals surface area contributed by atoms with Crippen molar-refractivity contribution < 1.29 is 0 Å². The molecule has 1 aromatic heterocycles. The summed E-state index contributed by atoms with van der Waals surface area (Å²) in [5.41, 5.74) is 3.26. The normalized spacial score (nSPS) is 27.5. The van der Waals surface area contributed by atoms with Crippen LogP contribution in [0.4, 0.5) is 0 Å². The highest BCUT2D eigenvalue weighted by molar-refractivity contribution is 5.85. The van der Waals surface area contributed by atoms with Crippen LogP contribution in [0.25, 0.3) is 0 Å². The fourth-order valence-electron chi connectivity index (χ4n) is 4.07. The molecule has 22 heavy (non-hydrogen) atoms. The summed E-state index contributed by atoms with van der Waals surface area (Å²) >= 11 is 0. The maximum absolute atomic E-state index is 4.74. The van der Waals surface area contributed by atoms with E-state index in [2.05, 4.69) is 36.2 Å². The number of aromatic nitrogens is 1. The second kappa shape index (κ2) is 7.76. The van der Waals surface area contributed by atoms with Crippen molar-refractivity contribution in [1.29, 1.82) is 0 Å². The molecule has 2 atom stereocenters. The predicted octanol–water partition coefficient (Wildman–Crippen LogP) is 3.59. The molecular formula is C18H30ClN3. The lowest BCUT2D eigenvalue weighted by Crippen LogP contribution is -2.41. The second-order valence-corrected chi connectivity index (χ2v) is 7.16. The summed E-state index contributed by atoms with van der Waals surface area (Å²) in [6.07, 6.45) is 8.28. The topological polar surface area (TPSA) is 28.2 Å². The van der Waals surface area contributed by atoms with E-state index in [-0.39, 0.29) is 12.4 Å². The van der Waals surface area contributed by atoms with Crippen molar-refractivity contribution in [2.45, 2.75) is 52.0 Å². The van der Waals surface area contributed by atoms with E-state index in [0.717, 1.165) is 6.54 Å². The van der Waals surface area contributed by atoms with Crippen LogP contribution in [0.5, 0.6) is 0 Å². The fraction of sp³-hybridized carbons (Fsp3) is 0.722. The lowest BCUT2D eigenvalue weighted by Gasteiger charge is -2.39. The molecule has 2 aliphatic rings. The van der Waals surface area contributed by atoms with E-state index in [1.165, 1.54) is 63.0 Å². The largest absolute Gasteiger partial charge is 0.316 e. The molecule has 4 heteroatoms. The van der Waals surface area contributed by atoms with Crippen LogP contribution >= 0.6 is 12.4 Å². The third-order valence-electron chi connectivity index (χ3n) is 5.16. The standard InChI is InChI=1S/C18H29N3.ClH/c1-3-12-21(14-18(2)9-11-19-13-18)16-8-4-6-15-7-5-10-20-17(15)16;/h5,7,10,16,19H,3-4,6,8-9,11-14H2,1-2H3;1H. The molecular weight excluding hydrogens is 294 g/mol. The van der Waals surface area contributed by atoms with Crippen LogP contribution in [0.3, 0.4) is 0 Å². The third kappa shape index (κ3) is 3.81. The Bertz CT molecular complexity index is 471. The maximum atomic E-state index is 4.74. The van der Waals surface area contributed by atoms with E-state index in [1.807, 2.05) is 6.20 Å². The van der Waals surface area contributed by atoms with Gasteiger partial charge in [-0.2, -0.15) is 0 Å². The van der Waals surface area contributed by atoms with Gasteiger partial charge in [-0.1, -0.05) is 19.9 Å². The van der Waals surface area contributed by atoms with Gasteiger partial charge in [-0.3, -0.25) is 9.88 Å². The Hall–Kier alpha value is -0.640. The van der Waals surface area contributed by atoms with Crippen molar-refractivity contribution in [2.24, 2.45) is 5.41 Å². The zero-order valence-electron chi connectivity index (χ0n) is 14.0. The molecule has 0 bridgehead atoms. The van der Waals surface area contributed by atoms with Crippen molar-refractivity contribution in [2.75, 3.05) is 26.2 Å². The summed E-state index contributed by atoms with van der Waals surface area (Å²) in [5, 5.41) is 3.54. The zero-order chi connectivity index (χ0) is 14.7. The molecule has 3 rings (SSSR count). The molecule has 1 N–H and O–H groups in total. The highest BCUT2D eigenvalue weighted by Crippen LogP contribution is 2.36. The minimum absolute atomic E-state index is 0. The van der Waals surface area contributed by atoms with Crippen molar-refractivity contribution in [1.82, 2.24) is 15.2 Å². The first kappa shape index (κ1) is 17.7. The molecule has 0 aromatic carbocycles. The second-order valence-electron chi connectivity index (χ2n) is 7.16. The first-order valence-corrected chi connectivity index (χ1v) is 8.60.